The zero-order valence-corrected chi connectivity index (χ0v) is 13.2. The quantitative estimate of drug-likeness (QED) is 0.893. The van der Waals surface area contributed by atoms with E-state index in [4.69, 9.17) is 0 Å². The molecule has 0 saturated carbocycles. The normalized spacial score (nSPS) is 11.6. The van der Waals surface area contributed by atoms with Crippen LogP contribution in [0, 0.1) is 27.7 Å². The zero-order chi connectivity index (χ0) is 15.9. The molecule has 0 unspecified atom stereocenters. The Hall–Kier alpha value is -2.01. The van der Waals surface area contributed by atoms with Gasteiger partial charge in [0, 0.05) is 5.56 Å². The molecule has 5 heteroatoms. The number of phenolic OH excluding ortho intramolecular Hbond substituents is 2. The Morgan fingerprint density at radius 1 is 0.714 bits per heavy atom. The van der Waals surface area contributed by atoms with Gasteiger partial charge in [0.2, 0.25) is 9.84 Å². The maximum absolute atomic E-state index is 13.0. The predicted octanol–water partition coefficient (Wildman–Crippen LogP) is 3.16. The summed E-state index contributed by atoms with van der Waals surface area (Å²) in [4.78, 5) is -0.0502. The van der Waals surface area contributed by atoms with Crippen molar-refractivity contribution in [2.24, 2.45) is 0 Å². The summed E-state index contributed by atoms with van der Waals surface area (Å²) in [6.45, 7) is 6.67. The summed E-state index contributed by atoms with van der Waals surface area (Å²) in [6, 6.07) is 6.07. The molecule has 0 fully saturated rings. The number of aryl methyl sites for hydroxylation is 2. The number of sulfone groups is 1. The second-order valence-electron chi connectivity index (χ2n) is 5.21. The first-order valence-electron chi connectivity index (χ1n) is 6.51. The highest BCUT2D eigenvalue weighted by Gasteiger charge is 2.28. The van der Waals surface area contributed by atoms with Crippen molar-refractivity contribution in [1.82, 2.24) is 0 Å². The Morgan fingerprint density at radius 2 is 1.24 bits per heavy atom. The third-order valence-corrected chi connectivity index (χ3v) is 5.99. The van der Waals surface area contributed by atoms with Crippen LogP contribution in [0.5, 0.6) is 11.5 Å². The number of rotatable bonds is 2. The van der Waals surface area contributed by atoms with Crippen molar-refractivity contribution < 1.29 is 18.6 Å². The van der Waals surface area contributed by atoms with Gasteiger partial charge >= 0.3 is 0 Å². The van der Waals surface area contributed by atoms with Gasteiger partial charge in [-0.05, 0) is 56.5 Å². The third-order valence-electron chi connectivity index (χ3n) is 3.77. The lowest BCUT2D eigenvalue weighted by molar-refractivity contribution is 0.456. The predicted molar refractivity (Wildman–Crippen MR) is 80.6 cm³/mol. The van der Waals surface area contributed by atoms with E-state index in [2.05, 4.69) is 0 Å². The lowest BCUT2D eigenvalue weighted by Gasteiger charge is -2.16. The minimum absolute atomic E-state index is 0.0477. The van der Waals surface area contributed by atoms with Crippen LogP contribution in [0.3, 0.4) is 0 Å². The Labute approximate surface area is 124 Å². The first kappa shape index (κ1) is 15.4. The van der Waals surface area contributed by atoms with Crippen LogP contribution in [0.15, 0.2) is 34.1 Å². The molecule has 4 nitrogen and oxygen atoms in total. The fourth-order valence-electron chi connectivity index (χ4n) is 2.45. The molecule has 21 heavy (non-hydrogen) atoms. The molecule has 0 radical (unpaired) electrons. The molecule has 0 aromatic heterocycles. The van der Waals surface area contributed by atoms with Crippen molar-refractivity contribution in [2.45, 2.75) is 37.5 Å². The topological polar surface area (TPSA) is 74.6 Å². The van der Waals surface area contributed by atoms with Crippen molar-refractivity contribution in [2.75, 3.05) is 0 Å². The Kier molecular flexibility index (Phi) is 3.72. The van der Waals surface area contributed by atoms with E-state index in [-0.39, 0.29) is 26.9 Å². The van der Waals surface area contributed by atoms with E-state index in [1.165, 1.54) is 12.1 Å². The number of hydrogen-bond acceptors (Lipinski definition) is 4. The molecule has 0 bridgehead atoms. The summed E-state index contributed by atoms with van der Waals surface area (Å²) < 4.78 is 25.9. The fourth-order valence-corrected chi connectivity index (χ4v) is 4.56. The summed E-state index contributed by atoms with van der Waals surface area (Å²) in [7, 11) is -3.92. The van der Waals surface area contributed by atoms with E-state index < -0.39 is 9.84 Å². The molecule has 0 amide bonds. The van der Waals surface area contributed by atoms with Gasteiger partial charge in [0.05, 0.1) is 4.90 Å². The van der Waals surface area contributed by atoms with Crippen LogP contribution in [0.2, 0.25) is 0 Å². The lowest BCUT2D eigenvalue weighted by atomic mass is 10.1. The van der Waals surface area contributed by atoms with Crippen molar-refractivity contribution in [3.63, 3.8) is 0 Å². The third kappa shape index (κ3) is 2.38. The van der Waals surface area contributed by atoms with E-state index in [1.54, 1.807) is 39.8 Å². The second-order valence-corrected chi connectivity index (χ2v) is 7.04. The van der Waals surface area contributed by atoms with E-state index >= 15 is 0 Å². The molecular weight excluding hydrogens is 288 g/mol. The van der Waals surface area contributed by atoms with Crippen LogP contribution < -0.4 is 0 Å². The number of hydrogen-bond donors (Lipinski definition) is 2. The van der Waals surface area contributed by atoms with Crippen LogP contribution in [0.4, 0.5) is 0 Å². The van der Waals surface area contributed by atoms with Crippen LogP contribution in [0.1, 0.15) is 22.3 Å². The average Bonchev–Trinajstić information content (AvgIpc) is 2.39. The number of aromatic hydroxyl groups is 2. The fraction of sp³-hybridized carbons (Fsp3) is 0.250. The molecule has 2 N–H and O–H groups in total. The lowest BCUT2D eigenvalue weighted by Crippen LogP contribution is -2.09. The van der Waals surface area contributed by atoms with Gasteiger partial charge in [0.25, 0.3) is 0 Å². The zero-order valence-electron chi connectivity index (χ0n) is 12.4. The van der Waals surface area contributed by atoms with E-state index in [0.717, 1.165) is 5.56 Å². The summed E-state index contributed by atoms with van der Waals surface area (Å²) >= 11 is 0. The highest BCUT2D eigenvalue weighted by molar-refractivity contribution is 7.91. The summed E-state index contributed by atoms with van der Waals surface area (Å²) in [6.07, 6.45) is 0. The molecule has 0 aliphatic rings. The highest BCUT2D eigenvalue weighted by atomic mass is 32.2. The van der Waals surface area contributed by atoms with Gasteiger partial charge in [-0.3, -0.25) is 0 Å². The maximum atomic E-state index is 13.0. The summed E-state index contributed by atoms with van der Waals surface area (Å²) in [5.74, 6) is -0.357. The molecule has 0 saturated heterocycles. The minimum Gasteiger partial charge on any atom is -0.508 e. The first-order valence-corrected chi connectivity index (χ1v) is 7.99. The van der Waals surface area contributed by atoms with E-state index in [1.807, 2.05) is 0 Å². The number of benzene rings is 2. The van der Waals surface area contributed by atoms with Crippen LogP contribution in [0.25, 0.3) is 0 Å². The molecule has 2 rings (SSSR count). The van der Waals surface area contributed by atoms with Gasteiger partial charge < -0.3 is 10.2 Å². The molecule has 112 valence electrons. The molecule has 0 spiro atoms. The summed E-state index contributed by atoms with van der Waals surface area (Å²) in [5, 5.41) is 19.8. The minimum atomic E-state index is -3.92. The molecule has 0 aliphatic carbocycles. The largest absolute Gasteiger partial charge is 0.508 e. The van der Waals surface area contributed by atoms with Gasteiger partial charge in [0.1, 0.15) is 16.4 Å². The van der Waals surface area contributed by atoms with Crippen molar-refractivity contribution >= 4 is 9.84 Å². The Morgan fingerprint density at radius 3 is 1.86 bits per heavy atom. The standard InChI is InChI=1S/C16H18O4S/c1-9-5-8-14(18)16(11(9)3)21(19,20)15-10(2)6-7-13(17)12(15)4/h5-8,17-18H,1-4H3. The monoisotopic (exact) mass is 306 g/mol. The number of phenols is 2. The molecule has 2 aromatic carbocycles. The maximum Gasteiger partial charge on any atom is 0.211 e. The van der Waals surface area contributed by atoms with Crippen molar-refractivity contribution in [1.29, 1.82) is 0 Å². The van der Waals surface area contributed by atoms with Crippen molar-refractivity contribution in [3.8, 4) is 11.5 Å². The Balaban J connectivity index is 2.88. The Bertz CT molecular complexity index is 757. The van der Waals surface area contributed by atoms with Crippen molar-refractivity contribution in [3.05, 3.63) is 46.5 Å². The van der Waals surface area contributed by atoms with Gasteiger partial charge in [0.15, 0.2) is 0 Å². The van der Waals surface area contributed by atoms with E-state index in [0.29, 0.717) is 11.1 Å². The van der Waals surface area contributed by atoms with Gasteiger partial charge in [-0.15, -0.1) is 0 Å². The first-order chi connectivity index (χ1) is 9.67. The van der Waals surface area contributed by atoms with Crippen LogP contribution in [-0.4, -0.2) is 18.6 Å². The molecular formula is C16H18O4S. The summed E-state index contributed by atoms with van der Waals surface area (Å²) in [5.41, 5.74) is 2.11. The van der Waals surface area contributed by atoms with Crippen LogP contribution >= 0.6 is 0 Å². The smallest absolute Gasteiger partial charge is 0.211 e. The van der Waals surface area contributed by atoms with Crippen LogP contribution in [-0.2, 0) is 9.84 Å². The molecule has 0 atom stereocenters. The SMILES string of the molecule is Cc1ccc(O)c(S(=O)(=O)c2c(C)ccc(O)c2C)c1C. The van der Waals surface area contributed by atoms with Gasteiger partial charge in [-0.25, -0.2) is 8.42 Å². The average molecular weight is 306 g/mol. The second kappa shape index (κ2) is 5.07. The molecule has 0 aliphatic heterocycles. The molecule has 2 aromatic rings. The molecule has 0 heterocycles. The van der Waals surface area contributed by atoms with Gasteiger partial charge in [-0.2, -0.15) is 0 Å². The van der Waals surface area contributed by atoms with Gasteiger partial charge in [-0.1, -0.05) is 12.1 Å². The van der Waals surface area contributed by atoms with E-state index in [9.17, 15) is 18.6 Å². The highest BCUT2D eigenvalue weighted by Crippen LogP contribution is 2.37.